The summed E-state index contributed by atoms with van der Waals surface area (Å²) in [6, 6.07) is -0.0603. The monoisotopic (exact) mass is 181 g/mol. The molecule has 1 aromatic rings. The van der Waals surface area contributed by atoms with E-state index in [1.165, 1.54) is 12.5 Å². The van der Waals surface area contributed by atoms with Gasteiger partial charge in [0.2, 0.25) is 5.91 Å². The molecule has 5 heteroatoms. The lowest BCUT2D eigenvalue weighted by Crippen LogP contribution is -2.35. The number of hydrogen-bond acceptors (Lipinski definition) is 4. The van der Waals surface area contributed by atoms with Gasteiger partial charge >= 0.3 is 0 Å². The fraction of sp³-hybridized carbons (Fsp3) is 0.500. The molecular weight excluding hydrogens is 170 g/mol. The first-order chi connectivity index (χ1) is 6.36. The third-order valence-corrected chi connectivity index (χ3v) is 2.08. The van der Waals surface area contributed by atoms with Crippen LogP contribution in [0.15, 0.2) is 17.0 Å². The molecule has 1 fully saturated rings. The van der Waals surface area contributed by atoms with Crippen LogP contribution in [0.25, 0.3) is 0 Å². The second-order valence-electron chi connectivity index (χ2n) is 3.05. The first-order valence-corrected chi connectivity index (χ1v) is 4.30. The Kier molecular flexibility index (Phi) is 2.27. The fourth-order valence-corrected chi connectivity index (χ4v) is 1.40. The van der Waals surface area contributed by atoms with Gasteiger partial charge in [0.1, 0.15) is 12.0 Å². The molecule has 0 spiro atoms. The van der Waals surface area contributed by atoms with Crippen LogP contribution in [0.1, 0.15) is 12.8 Å². The summed E-state index contributed by atoms with van der Waals surface area (Å²) < 4.78 is 4.59. The van der Waals surface area contributed by atoms with Crippen molar-refractivity contribution in [3.05, 3.63) is 12.5 Å². The number of nitrogens with zero attached hydrogens (tertiary/aromatic N) is 1. The molecule has 0 unspecified atom stereocenters. The summed E-state index contributed by atoms with van der Waals surface area (Å²) in [5, 5.41) is 9.30. The molecule has 70 valence electrons. The van der Waals surface area contributed by atoms with E-state index >= 15 is 0 Å². The lowest BCUT2D eigenvalue weighted by molar-refractivity contribution is -0.117. The third-order valence-electron chi connectivity index (χ3n) is 2.08. The highest BCUT2D eigenvalue weighted by atomic mass is 16.5. The van der Waals surface area contributed by atoms with Gasteiger partial charge in [-0.1, -0.05) is 5.16 Å². The Bertz CT molecular complexity index is 278. The van der Waals surface area contributed by atoms with E-state index in [0.717, 1.165) is 19.4 Å². The summed E-state index contributed by atoms with van der Waals surface area (Å²) >= 11 is 0. The van der Waals surface area contributed by atoms with Crippen molar-refractivity contribution in [1.29, 1.82) is 0 Å². The maximum absolute atomic E-state index is 11.5. The standard InChI is InChI=1S/C8H11N3O2/c12-8(7-2-1-3-9-7)11-6-4-10-13-5-6/h4-5,7,9H,1-3H2,(H,11,12)/t7-/m0/s1. The van der Waals surface area contributed by atoms with Crippen LogP contribution < -0.4 is 10.6 Å². The largest absolute Gasteiger partial charge is 0.363 e. The maximum Gasteiger partial charge on any atom is 0.241 e. The van der Waals surface area contributed by atoms with E-state index in [0.29, 0.717) is 5.69 Å². The van der Waals surface area contributed by atoms with Gasteiger partial charge in [0.15, 0.2) is 0 Å². The van der Waals surface area contributed by atoms with Gasteiger partial charge in [0, 0.05) is 0 Å². The van der Waals surface area contributed by atoms with E-state index in [1.807, 2.05) is 0 Å². The Labute approximate surface area is 75.5 Å². The average molecular weight is 181 g/mol. The van der Waals surface area contributed by atoms with Gasteiger partial charge in [-0.05, 0) is 19.4 Å². The zero-order chi connectivity index (χ0) is 9.10. The number of nitrogens with one attached hydrogen (secondary N) is 2. The Balaban J connectivity index is 1.91. The number of carbonyl (C=O) groups excluding carboxylic acids is 1. The second-order valence-corrected chi connectivity index (χ2v) is 3.05. The van der Waals surface area contributed by atoms with Gasteiger partial charge in [0.05, 0.1) is 12.2 Å². The van der Waals surface area contributed by atoms with E-state index < -0.39 is 0 Å². The number of aromatic nitrogens is 1. The van der Waals surface area contributed by atoms with Crippen LogP contribution in [0.4, 0.5) is 5.69 Å². The molecule has 5 nitrogen and oxygen atoms in total. The van der Waals surface area contributed by atoms with Crippen LogP contribution in [0.5, 0.6) is 0 Å². The van der Waals surface area contributed by atoms with Crippen molar-refractivity contribution >= 4 is 11.6 Å². The molecule has 1 atom stereocenters. The quantitative estimate of drug-likeness (QED) is 0.691. The van der Waals surface area contributed by atoms with E-state index in [9.17, 15) is 4.79 Å². The van der Waals surface area contributed by atoms with Crippen LogP contribution in [0, 0.1) is 0 Å². The molecule has 2 rings (SSSR count). The number of rotatable bonds is 2. The van der Waals surface area contributed by atoms with Gasteiger partial charge in [-0.3, -0.25) is 4.79 Å². The Hall–Kier alpha value is -1.36. The number of carbonyl (C=O) groups is 1. The molecule has 1 aliphatic heterocycles. The fourth-order valence-electron chi connectivity index (χ4n) is 1.40. The highest BCUT2D eigenvalue weighted by Crippen LogP contribution is 2.09. The van der Waals surface area contributed by atoms with Crippen LogP contribution in [-0.2, 0) is 4.79 Å². The Morgan fingerprint density at radius 2 is 2.69 bits per heavy atom. The molecule has 2 heterocycles. The maximum atomic E-state index is 11.5. The molecule has 13 heavy (non-hydrogen) atoms. The van der Waals surface area contributed by atoms with Crippen molar-refractivity contribution < 1.29 is 9.32 Å². The normalized spacial score (nSPS) is 21.7. The molecule has 1 aromatic heterocycles. The predicted octanol–water partition coefficient (Wildman–Crippen LogP) is 0.365. The molecule has 1 saturated heterocycles. The first-order valence-electron chi connectivity index (χ1n) is 4.30. The predicted molar refractivity (Wildman–Crippen MR) is 46.2 cm³/mol. The summed E-state index contributed by atoms with van der Waals surface area (Å²) in [4.78, 5) is 11.5. The van der Waals surface area contributed by atoms with E-state index in [-0.39, 0.29) is 11.9 Å². The molecule has 1 amide bonds. The molecular formula is C8H11N3O2. The van der Waals surface area contributed by atoms with E-state index in [1.54, 1.807) is 0 Å². The zero-order valence-corrected chi connectivity index (χ0v) is 7.12. The molecule has 0 aliphatic carbocycles. The molecule has 0 aromatic carbocycles. The minimum absolute atomic E-state index is 0.0132. The molecule has 1 aliphatic rings. The summed E-state index contributed by atoms with van der Waals surface area (Å²) in [5.41, 5.74) is 0.610. The van der Waals surface area contributed by atoms with Crippen molar-refractivity contribution in [1.82, 2.24) is 10.5 Å². The number of hydrogen-bond donors (Lipinski definition) is 2. The minimum Gasteiger partial charge on any atom is -0.363 e. The highest BCUT2D eigenvalue weighted by molar-refractivity contribution is 5.94. The smallest absolute Gasteiger partial charge is 0.241 e. The van der Waals surface area contributed by atoms with Crippen LogP contribution in [-0.4, -0.2) is 23.7 Å². The summed E-state index contributed by atoms with van der Waals surface area (Å²) in [7, 11) is 0. The first kappa shape index (κ1) is 8.25. The van der Waals surface area contributed by atoms with Crippen molar-refractivity contribution in [2.45, 2.75) is 18.9 Å². The Morgan fingerprint density at radius 1 is 1.77 bits per heavy atom. The summed E-state index contributed by atoms with van der Waals surface area (Å²) in [6.07, 6.45) is 4.85. The van der Waals surface area contributed by atoms with Crippen LogP contribution in [0.2, 0.25) is 0 Å². The SMILES string of the molecule is O=C(Nc1cnoc1)[C@@H]1CCCN1. The van der Waals surface area contributed by atoms with Gasteiger partial charge < -0.3 is 15.2 Å². The van der Waals surface area contributed by atoms with Gasteiger partial charge in [-0.15, -0.1) is 0 Å². The zero-order valence-electron chi connectivity index (χ0n) is 7.12. The topological polar surface area (TPSA) is 67.2 Å². The lowest BCUT2D eigenvalue weighted by Gasteiger charge is -2.08. The van der Waals surface area contributed by atoms with Gasteiger partial charge in [-0.25, -0.2) is 0 Å². The van der Waals surface area contributed by atoms with E-state index in [4.69, 9.17) is 0 Å². The number of anilines is 1. The van der Waals surface area contributed by atoms with Crippen LogP contribution >= 0.6 is 0 Å². The van der Waals surface area contributed by atoms with Gasteiger partial charge in [0.25, 0.3) is 0 Å². The van der Waals surface area contributed by atoms with Crippen molar-refractivity contribution in [3.8, 4) is 0 Å². The van der Waals surface area contributed by atoms with E-state index in [2.05, 4.69) is 20.3 Å². The van der Waals surface area contributed by atoms with Crippen molar-refractivity contribution in [3.63, 3.8) is 0 Å². The molecule has 0 radical (unpaired) electrons. The number of amides is 1. The Morgan fingerprint density at radius 3 is 3.31 bits per heavy atom. The lowest BCUT2D eigenvalue weighted by atomic mass is 10.2. The molecule has 2 N–H and O–H groups in total. The highest BCUT2D eigenvalue weighted by Gasteiger charge is 2.21. The third kappa shape index (κ3) is 1.86. The summed E-state index contributed by atoms with van der Waals surface area (Å²) in [6.45, 7) is 0.918. The summed E-state index contributed by atoms with van der Waals surface area (Å²) in [5.74, 6) is -0.0132. The van der Waals surface area contributed by atoms with Crippen LogP contribution in [0.3, 0.4) is 0 Å². The molecule has 0 saturated carbocycles. The molecule has 0 bridgehead atoms. The van der Waals surface area contributed by atoms with Crippen molar-refractivity contribution in [2.24, 2.45) is 0 Å². The average Bonchev–Trinajstić information content (AvgIpc) is 2.74. The second kappa shape index (κ2) is 3.57. The van der Waals surface area contributed by atoms with Gasteiger partial charge in [-0.2, -0.15) is 0 Å². The minimum atomic E-state index is -0.0603. The van der Waals surface area contributed by atoms with Crippen molar-refractivity contribution in [2.75, 3.05) is 11.9 Å².